The maximum atomic E-state index is 12.6. The van der Waals surface area contributed by atoms with E-state index >= 15 is 0 Å². The van der Waals surface area contributed by atoms with E-state index in [1.807, 2.05) is 30.3 Å². The minimum atomic E-state index is -1.11. The SMILES string of the molecule is O=C1NC(=O)[C@](CNC(=O)c2cnn(-c3ccccc3)n2)(C2CCCCC2)N1. The first-order valence-electron chi connectivity index (χ1n) is 9.48. The molecule has 1 saturated heterocycles. The molecule has 2 aromatic rings. The van der Waals surface area contributed by atoms with E-state index < -0.39 is 17.5 Å². The minimum absolute atomic E-state index is 0.00648. The predicted octanol–water partition coefficient (Wildman–Crippen LogP) is 1.16. The Morgan fingerprint density at radius 2 is 1.93 bits per heavy atom. The Labute approximate surface area is 161 Å². The van der Waals surface area contributed by atoms with E-state index in [2.05, 4.69) is 26.1 Å². The summed E-state index contributed by atoms with van der Waals surface area (Å²) in [4.78, 5) is 38.3. The van der Waals surface area contributed by atoms with Crippen LogP contribution in [-0.4, -0.2) is 44.9 Å². The molecule has 2 aliphatic rings. The summed E-state index contributed by atoms with van der Waals surface area (Å²) >= 11 is 0. The van der Waals surface area contributed by atoms with Crippen molar-refractivity contribution in [2.75, 3.05) is 6.54 Å². The monoisotopic (exact) mass is 382 g/mol. The molecule has 0 spiro atoms. The third-order valence-corrected chi connectivity index (χ3v) is 5.51. The van der Waals surface area contributed by atoms with E-state index in [0.29, 0.717) is 0 Å². The van der Waals surface area contributed by atoms with Gasteiger partial charge in [0.15, 0.2) is 5.69 Å². The van der Waals surface area contributed by atoms with Crippen molar-refractivity contribution in [1.82, 2.24) is 30.9 Å². The lowest BCUT2D eigenvalue weighted by Gasteiger charge is -2.37. The average Bonchev–Trinajstić information content (AvgIpc) is 3.33. The molecule has 4 amide bonds. The second-order valence-corrected chi connectivity index (χ2v) is 7.25. The normalized spacial score (nSPS) is 22.6. The lowest BCUT2D eigenvalue weighted by molar-refractivity contribution is -0.126. The first kappa shape index (κ1) is 18.1. The summed E-state index contributed by atoms with van der Waals surface area (Å²) in [6, 6.07) is 8.74. The summed E-state index contributed by atoms with van der Waals surface area (Å²) in [6.45, 7) is 0.0201. The average molecular weight is 382 g/mol. The van der Waals surface area contributed by atoms with Crippen molar-refractivity contribution >= 4 is 17.8 Å². The zero-order valence-electron chi connectivity index (χ0n) is 15.4. The van der Waals surface area contributed by atoms with Crippen molar-refractivity contribution in [3.63, 3.8) is 0 Å². The smallest absolute Gasteiger partial charge is 0.322 e. The van der Waals surface area contributed by atoms with Crippen LogP contribution in [0.15, 0.2) is 36.5 Å². The number of carbonyl (C=O) groups is 3. The Kier molecular flexibility index (Phi) is 4.81. The van der Waals surface area contributed by atoms with Crippen LogP contribution in [0.5, 0.6) is 0 Å². The van der Waals surface area contributed by atoms with Crippen LogP contribution in [0.3, 0.4) is 0 Å². The Balaban J connectivity index is 1.48. The molecule has 0 radical (unpaired) electrons. The van der Waals surface area contributed by atoms with E-state index in [9.17, 15) is 14.4 Å². The number of rotatable bonds is 5. The molecule has 1 atom stereocenters. The van der Waals surface area contributed by atoms with Gasteiger partial charge in [-0.2, -0.15) is 9.90 Å². The molecule has 1 aromatic heterocycles. The molecular formula is C19H22N6O3. The molecule has 0 bridgehead atoms. The molecule has 9 nitrogen and oxygen atoms in total. The van der Waals surface area contributed by atoms with Gasteiger partial charge in [0.05, 0.1) is 18.4 Å². The van der Waals surface area contributed by atoms with Crippen LogP contribution in [0.25, 0.3) is 5.69 Å². The molecule has 146 valence electrons. The summed E-state index contributed by atoms with van der Waals surface area (Å²) in [5.41, 5.74) is -0.224. The van der Waals surface area contributed by atoms with E-state index in [4.69, 9.17) is 0 Å². The molecule has 1 aromatic carbocycles. The quantitative estimate of drug-likeness (QED) is 0.671. The number of imide groups is 1. The van der Waals surface area contributed by atoms with Crippen LogP contribution >= 0.6 is 0 Å². The number of hydrogen-bond donors (Lipinski definition) is 3. The highest BCUT2D eigenvalue weighted by Crippen LogP contribution is 2.34. The maximum Gasteiger partial charge on any atom is 0.322 e. The first-order valence-corrected chi connectivity index (χ1v) is 9.48. The highest BCUT2D eigenvalue weighted by Gasteiger charge is 2.51. The fourth-order valence-corrected chi connectivity index (χ4v) is 4.02. The standard InChI is InChI=1S/C19H22N6O3/c26-16(15-11-21-25(24-15)14-9-5-2-6-10-14)20-12-19(13-7-3-1-4-8-13)17(27)22-18(28)23-19/h2,5-6,9-11,13H,1,3-4,7-8,12H2,(H,20,26)(H2,22,23,27,28)/t19-/m0/s1. The third-order valence-electron chi connectivity index (χ3n) is 5.51. The topological polar surface area (TPSA) is 118 Å². The van der Waals surface area contributed by atoms with Crippen molar-refractivity contribution in [3.05, 3.63) is 42.2 Å². The molecule has 9 heteroatoms. The lowest BCUT2D eigenvalue weighted by Crippen LogP contribution is -2.60. The van der Waals surface area contributed by atoms with Gasteiger partial charge in [0.2, 0.25) is 0 Å². The van der Waals surface area contributed by atoms with Crippen molar-refractivity contribution in [2.45, 2.75) is 37.6 Å². The zero-order chi connectivity index (χ0) is 19.6. The van der Waals surface area contributed by atoms with Gasteiger partial charge in [-0.15, -0.1) is 5.10 Å². The number of nitrogens with zero attached hydrogens (tertiary/aromatic N) is 3. The Morgan fingerprint density at radius 3 is 2.61 bits per heavy atom. The van der Waals surface area contributed by atoms with Gasteiger partial charge in [-0.1, -0.05) is 37.5 Å². The van der Waals surface area contributed by atoms with E-state index in [-0.39, 0.29) is 24.1 Å². The van der Waals surface area contributed by atoms with Gasteiger partial charge in [0, 0.05) is 0 Å². The van der Waals surface area contributed by atoms with Crippen LogP contribution in [0.4, 0.5) is 4.79 Å². The maximum absolute atomic E-state index is 12.6. The van der Waals surface area contributed by atoms with Gasteiger partial charge < -0.3 is 10.6 Å². The highest BCUT2D eigenvalue weighted by molar-refractivity contribution is 6.07. The fraction of sp³-hybridized carbons (Fsp3) is 0.421. The molecule has 1 saturated carbocycles. The summed E-state index contributed by atoms with van der Waals surface area (Å²) in [5, 5.41) is 16.2. The Hall–Kier alpha value is -3.23. The minimum Gasteiger partial charge on any atom is -0.348 e. The third kappa shape index (κ3) is 3.35. The predicted molar refractivity (Wildman–Crippen MR) is 99.7 cm³/mol. The van der Waals surface area contributed by atoms with Crippen molar-refractivity contribution in [3.8, 4) is 5.69 Å². The van der Waals surface area contributed by atoms with Gasteiger partial charge in [0.1, 0.15) is 5.54 Å². The summed E-state index contributed by atoms with van der Waals surface area (Å²) in [7, 11) is 0. The number of benzene rings is 1. The van der Waals surface area contributed by atoms with Gasteiger partial charge in [-0.25, -0.2) is 4.79 Å². The van der Waals surface area contributed by atoms with Crippen LogP contribution in [0, 0.1) is 5.92 Å². The van der Waals surface area contributed by atoms with Crippen LogP contribution in [0.1, 0.15) is 42.6 Å². The molecular weight excluding hydrogens is 360 g/mol. The lowest BCUT2D eigenvalue weighted by atomic mass is 9.74. The van der Waals surface area contributed by atoms with E-state index in [1.54, 1.807) is 0 Å². The van der Waals surface area contributed by atoms with Crippen molar-refractivity contribution < 1.29 is 14.4 Å². The van der Waals surface area contributed by atoms with Gasteiger partial charge in [-0.05, 0) is 30.9 Å². The van der Waals surface area contributed by atoms with E-state index in [0.717, 1.165) is 37.8 Å². The Morgan fingerprint density at radius 1 is 1.18 bits per heavy atom. The Bertz CT molecular complexity index is 890. The number of para-hydroxylation sites is 1. The summed E-state index contributed by atoms with van der Waals surface area (Å²) < 4.78 is 0. The second kappa shape index (κ2) is 7.41. The molecule has 1 aliphatic carbocycles. The number of nitrogens with one attached hydrogen (secondary N) is 3. The zero-order valence-corrected chi connectivity index (χ0v) is 15.4. The molecule has 3 N–H and O–H groups in total. The number of aromatic nitrogens is 3. The molecule has 2 fully saturated rings. The fourth-order valence-electron chi connectivity index (χ4n) is 4.02. The van der Waals surface area contributed by atoms with Crippen molar-refractivity contribution in [1.29, 1.82) is 0 Å². The second-order valence-electron chi connectivity index (χ2n) is 7.25. The molecule has 1 aliphatic heterocycles. The number of urea groups is 1. The van der Waals surface area contributed by atoms with Crippen LogP contribution < -0.4 is 16.0 Å². The largest absolute Gasteiger partial charge is 0.348 e. The summed E-state index contributed by atoms with van der Waals surface area (Å²) in [5.74, 6) is -0.822. The number of amides is 4. The first-order chi connectivity index (χ1) is 13.6. The van der Waals surface area contributed by atoms with Crippen molar-refractivity contribution in [2.24, 2.45) is 5.92 Å². The van der Waals surface area contributed by atoms with E-state index in [1.165, 1.54) is 11.0 Å². The molecule has 0 unspecified atom stereocenters. The number of hydrogen-bond acceptors (Lipinski definition) is 5. The molecule has 2 heterocycles. The van der Waals surface area contributed by atoms with Crippen LogP contribution in [-0.2, 0) is 4.79 Å². The molecule has 28 heavy (non-hydrogen) atoms. The molecule has 4 rings (SSSR count). The highest BCUT2D eigenvalue weighted by atomic mass is 16.2. The van der Waals surface area contributed by atoms with Gasteiger partial charge in [-0.3, -0.25) is 14.9 Å². The van der Waals surface area contributed by atoms with Gasteiger partial charge >= 0.3 is 6.03 Å². The van der Waals surface area contributed by atoms with Gasteiger partial charge in [0.25, 0.3) is 11.8 Å². The number of carbonyl (C=O) groups excluding carboxylic acids is 3. The summed E-state index contributed by atoms with van der Waals surface area (Å²) in [6.07, 6.45) is 6.20. The van der Waals surface area contributed by atoms with Crippen LogP contribution in [0.2, 0.25) is 0 Å².